The Bertz CT molecular complexity index is 543. The summed E-state index contributed by atoms with van der Waals surface area (Å²) in [5.74, 6) is 0. The number of aromatic nitrogens is 4. The topological polar surface area (TPSA) is 55.6 Å². The molecule has 2 aromatic rings. The summed E-state index contributed by atoms with van der Waals surface area (Å²) in [4.78, 5) is 1.08. The molecule has 0 aliphatic rings. The van der Waals surface area contributed by atoms with Crippen molar-refractivity contribution in [2.45, 2.75) is 29.9 Å². The molecule has 0 aliphatic carbocycles. The minimum atomic E-state index is 0.749. The predicted octanol–water partition coefficient (Wildman–Crippen LogP) is 2.51. The maximum atomic E-state index is 6.28. The van der Waals surface area contributed by atoms with Gasteiger partial charge in [0.2, 0.25) is 5.16 Å². The van der Waals surface area contributed by atoms with E-state index in [0.29, 0.717) is 0 Å². The molecule has 0 amide bonds. The molecule has 1 N–H and O–H groups in total. The lowest BCUT2D eigenvalue weighted by molar-refractivity contribution is 0.661. The second kappa shape index (κ2) is 6.88. The van der Waals surface area contributed by atoms with Crippen LogP contribution in [0.25, 0.3) is 0 Å². The highest BCUT2D eigenvalue weighted by Gasteiger charge is 2.11. The van der Waals surface area contributed by atoms with Crippen LogP contribution < -0.4 is 5.32 Å². The molecule has 5 nitrogen and oxygen atoms in total. The Labute approximate surface area is 121 Å². The van der Waals surface area contributed by atoms with E-state index in [2.05, 4.69) is 27.8 Å². The molecule has 0 aliphatic heterocycles. The average Bonchev–Trinajstić information content (AvgIpc) is 2.79. The second-order valence-corrected chi connectivity index (χ2v) is 5.50. The van der Waals surface area contributed by atoms with Gasteiger partial charge in [0, 0.05) is 23.5 Å². The molecule has 0 unspecified atom stereocenters. The largest absolute Gasteiger partial charge is 0.313 e. The van der Waals surface area contributed by atoms with Crippen molar-refractivity contribution in [3.05, 3.63) is 28.8 Å². The molecule has 2 rings (SSSR count). The third kappa shape index (κ3) is 3.68. The van der Waals surface area contributed by atoms with Crippen molar-refractivity contribution in [3.63, 3.8) is 0 Å². The van der Waals surface area contributed by atoms with Crippen LogP contribution in [0.1, 0.15) is 18.9 Å². The van der Waals surface area contributed by atoms with Gasteiger partial charge in [0.05, 0.1) is 0 Å². The third-order valence-corrected chi connectivity index (χ3v) is 4.07. The zero-order chi connectivity index (χ0) is 13.7. The quantitative estimate of drug-likeness (QED) is 0.830. The minimum absolute atomic E-state index is 0.749. The fourth-order valence-corrected chi connectivity index (χ4v) is 2.79. The first-order chi connectivity index (χ1) is 9.22. The van der Waals surface area contributed by atoms with Gasteiger partial charge in [-0.25, -0.2) is 4.68 Å². The summed E-state index contributed by atoms with van der Waals surface area (Å²) >= 11 is 7.80. The van der Waals surface area contributed by atoms with Crippen LogP contribution in [-0.4, -0.2) is 26.8 Å². The Balaban J connectivity index is 2.19. The summed E-state index contributed by atoms with van der Waals surface area (Å²) in [7, 11) is 1.82. The number of nitrogens with zero attached hydrogens (tertiary/aromatic N) is 4. The molecule has 0 spiro atoms. The lowest BCUT2D eigenvalue weighted by Crippen LogP contribution is -2.14. The highest BCUT2D eigenvalue weighted by molar-refractivity contribution is 7.99. The first-order valence-electron chi connectivity index (χ1n) is 6.10. The van der Waals surface area contributed by atoms with E-state index in [0.717, 1.165) is 40.1 Å². The van der Waals surface area contributed by atoms with E-state index in [1.54, 1.807) is 4.68 Å². The number of nitrogens with one attached hydrogen (secondary N) is 1. The van der Waals surface area contributed by atoms with Crippen LogP contribution >= 0.6 is 23.4 Å². The van der Waals surface area contributed by atoms with E-state index < -0.39 is 0 Å². The number of hydrogen-bond donors (Lipinski definition) is 1. The number of tetrazole rings is 1. The molecular weight excluding hydrogens is 282 g/mol. The molecule has 0 fully saturated rings. The van der Waals surface area contributed by atoms with Gasteiger partial charge in [0.15, 0.2) is 0 Å². The molecule has 0 atom stereocenters. The van der Waals surface area contributed by atoms with Crippen LogP contribution in [0, 0.1) is 0 Å². The number of hydrogen-bond acceptors (Lipinski definition) is 5. The fraction of sp³-hybridized carbons (Fsp3) is 0.417. The molecule has 0 saturated heterocycles. The molecule has 102 valence electrons. The van der Waals surface area contributed by atoms with E-state index in [-0.39, 0.29) is 0 Å². The number of rotatable bonds is 6. The molecule has 1 aromatic carbocycles. The number of benzene rings is 1. The summed E-state index contributed by atoms with van der Waals surface area (Å²) < 4.78 is 1.65. The van der Waals surface area contributed by atoms with Crippen molar-refractivity contribution in [2.24, 2.45) is 7.05 Å². The van der Waals surface area contributed by atoms with Crippen LogP contribution in [-0.2, 0) is 13.6 Å². The summed E-state index contributed by atoms with van der Waals surface area (Å²) in [6, 6.07) is 5.88. The Morgan fingerprint density at radius 2 is 2.26 bits per heavy atom. The standard InChI is InChI=1S/C12H16ClN5S/c1-3-7-14-8-9-10(13)5-4-6-11(9)19-12-15-16-17-18(12)2/h4-6,14H,3,7-8H2,1-2H3. The third-order valence-electron chi connectivity index (χ3n) is 2.59. The van der Waals surface area contributed by atoms with Crippen molar-refractivity contribution in [3.8, 4) is 0 Å². The van der Waals surface area contributed by atoms with Crippen LogP contribution in [0.4, 0.5) is 0 Å². The molecule has 1 heterocycles. The smallest absolute Gasteiger partial charge is 0.213 e. The van der Waals surface area contributed by atoms with Crippen molar-refractivity contribution < 1.29 is 0 Å². The van der Waals surface area contributed by atoms with Gasteiger partial charge < -0.3 is 5.32 Å². The maximum Gasteiger partial charge on any atom is 0.213 e. The van der Waals surface area contributed by atoms with Crippen molar-refractivity contribution >= 4 is 23.4 Å². The van der Waals surface area contributed by atoms with Crippen LogP contribution in [0.2, 0.25) is 5.02 Å². The summed E-state index contributed by atoms with van der Waals surface area (Å²) in [5, 5.41) is 16.3. The highest BCUT2D eigenvalue weighted by atomic mass is 35.5. The Morgan fingerprint density at radius 1 is 1.42 bits per heavy atom. The van der Waals surface area contributed by atoms with Crippen molar-refractivity contribution in [2.75, 3.05) is 6.54 Å². The van der Waals surface area contributed by atoms with Crippen molar-refractivity contribution in [1.82, 2.24) is 25.5 Å². The SMILES string of the molecule is CCCNCc1c(Cl)cccc1Sc1nnnn1C. The Morgan fingerprint density at radius 3 is 2.95 bits per heavy atom. The van der Waals surface area contributed by atoms with E-state index in [1.165, 1.54) is 11.8 Å². The van der Waals surface area contributed by atoms with Gasteiger partial charge in [0.1, 0.15) is 0 Å². The monoisotopic (exact) mass is 297 g/mol. The van der Waals surface area contributed by atoms with Gasteiger partial charge in [0.25, 0.3) is 0 Å². The van der Waals surface area contributed by atoms with Crippen LogP contribution in [0.15, 0.2) is 28.3 Å². The van der Waals surface area contributed by atoms with Gasteiger partial charge in [-0.3, -0.25) is 0 Å². The zero-order valence-electron chi connectivity index (χ0n) is 10.9. The van der Waals surface area contributed by atoms with Gasteiger partial charge >= 0.3 is 0 Å². The van der Waals surface area contributed by atoms with Gasteiger partial charge in [-0.1, -0.05) is 24.6 Å². The maximum absolute atomic E-state index is 6.28. The lowest BCUT2D eigenvalue weighted by atomic mass is 10.2. The predicted molar refractivity (Wildman–Crippen MR) is 76.4 cm³/mol. The zero-order valence-corrected chi connectivity index (χ0v) is 12.5. The average molecular weight is 298 g/mol. The molecule has 0 saturated carbocycles. The Hall–Kier alpha value is -1.11. The van der Waals surface area contributed by atoms with Gasteiger partial charge in [-0.05, 0) is 52.9 Å². The number of aryl methyl sites for hydroxylation is 1. The molecule has 7 heteroatoms. The van der Waals surface area contributed by atoms with E-state index >= 15 is 0 Å². The minimum Gasteiger partial charge on any atom is -0.313 e. The van der Waals surface area contributed by atoms with Crippen LogP contribution in [0.3, 0.4) is 0 Å². The summed E-state index contributed by atoms with van der Waals surface area (Å²) in [6.07, 6.45) is 1.10. The van der Waals surface area contributed by atoms with Gasteiger partial charge in [-0.2, -0.15) is 0 Å². The highest BCUT2D eigenvalue weighted by Crippen LogP contribution is 2.32. The fourth-order valence-electron chi connectivity index (χ4n) is 1.60. The second-order valence-electron chi connectivity index (χ2n) is 4.08. The lowest BCUT2D eigenvalue weighted by Gasteiger charge is -2.11. The Kier molecular flexibility index (Phi) is 5.18. The molecule has 1 aromatic heterocycles. The van der Waals surface area contributed by atoms with Crippen molar-refractivity contribution in [1.29, 1.82) is 0 Å². The molecule has 19 heavy (non-hydrogen) atoms. The van der Waals surface area contributed by atoms with E-state index in [4.69, 9.17) is 11.6 Å². The molecular formula is C12H16ClN5S. The first-order valence-corrected chi connectivity index (χ1v) is 7.30. The summed E-state index contributed by atoms with van der Waals surface area (Å²) in [6.45, 7) is 3.86. The molecule has 0 radical (unpaired) electrons. The normalized spacial score (nSPS) is 10.9. The van der Waals surface area contributed by atoms with E-state index in [1.807, 2.05) is 25.2 Å². The van der Waals surface area contributed by atoms with Crippen LogP contribution in [0.5, 0.6) is 0 Å². The number of halogens is 1. The van der Waals surface area contributed by atoms with E-state index in [9.17, 15) is 0 Å². The van der Waals surface area contributed by atoms with Gasteiger partial charge in [-0.15, -0.1) is 5.10 Å². The molecule has 0 bridgehead atoms. The first kappa shape index (κ1) is 14.3. The summed E-state index contributed by atoms with van der Waals surface area (Å²) in [5.41, 5.74) is 1.09.